The van der Waals surface area contributed by atoms with Crippen molar-refractivity contribution in [2.75, 3.05) is 27.2 Å². The molecule has 12 heavy (non-hydrogen) atoms. The number of allylic oxidation sites excluding steroid dienone is 3. The third kappa shape index (κ3) is 1.21. The lowest BCUT2D eigenvalue weighted by Gasteiger charge is -2.26. The minimum atomic E-state index is 0.556. The van der Waals surface area contributed by atoms with Crippen LogP contribution in [0.2, 0.25) is 0 Å². The Bertz CT molecular complexity index is 220. The average Bonchev–Trinajstić information content (AvgIpc) is 2.61. The number of hydrogen-bond donors (Lipinski definition) is 0. The molecule has 0 amide bonds. The van der Waals surface area contributed by atoms with Gasteiger partial charge in [-0.3, -0.25) is 9.80 Å². The molecule has 2 aliphatic rings. The van der Waals surface area contributed by atoms with E-state index in [-0.39, 0.29) is 0 Å². The van der Waals surface area contributed by atoms with Gasteiger partial charge >= 0.3 is 0 Å². The van der Waals surface area contributed by atoms with E-state index in [1.54, 1.807) is 0 Å². The molecule has 0 unspecified atom stereocenters. The fraction of sp³-hybridized carbons (Fsp3) is 0.600. The molecular formula is C10H16N2. The molecule has 0 aromatic heterocycles. The summed E-state index contributed by atoms with van der Waals surface area (Å²) in [6.45, 7) is 2.39. The smallest absolute Gasteiger partial charge is 0.0847 e. The summed E-state index contributed by atoms with van der Waals surface area (Å²) in [6, 6.07) is 0. The zero-order chi connectivity index (χ0) is 8.55. The third-order valence-electron chi connectivity index (χ3n) is 2.77. The van der Waals surface area contributed by atoms with Gasteiger partial charge in [-0.15, -0.1) is 0 Å². The van der Waals surface area contributed by atoms with Gasteiger partial charge in [0.15, 0.2) is 0 Å². The van der Waals surface area contributed by atoms with E-state index < -0.39 is 0 Å². The Morgan fingerprint density at radius 3 is 2.42 bits per heavy atom. The summed E-state index contributed by atoms with van der Waals surface area (Å²) in [5.41, 5.74) is 1.54. The average molecular weight is 164 g/mol. The molecule has 2 nitrogen and oxygen atoms in total. The van der Waals surface area contributed by atoms with Gasteiger partial charge in [0.25, 0.3) is 0 Å². The zero-order valence-corrected chi connectivity index (χ0v) is 7.83. The maximum Gasteiger partial charge on any atom is 0.0847 e. The maximum absolute atomic E-state index is 2.42. The normalized spacial score (nSPS) is 27.0. The third-order valence-corrected chi connectivity index (χ3v) is 2.77. The van der Waals surface area contributed by atoms with Crippen molar-refractivity contribution in [3.8, 4) is 0 Å². The molecule has 2 rings (SSSR count). The molecule has 0 bridgehead atoms. The molecule has 1 aliphatic carbocycles. The molecule has 0 saturated carbocycles. The predicted molar refractivity (Wildman–Crippen MR) is 50.9 cm³/mol. The predicted octanol–water partition coefficient (Wildman–Crippen LogP) is 1.08. The van der Waals surface area contributed by atoms with Crippen LogP contribution in [0.3, 0.4) is 0 Å². The fourth-order valence-corrected chi connectivity index (χ4v) is 2.12. The molecule has 66 valence electrons. The van der Waals surface area contributed by atoms with Crippen molar-refractivity contribution < 1.29 is 0 Å². The highest BCUT2D eigenvalue weighted by Gasteiger charge is 2.28. The van der Waals surface area contributed by atoms with Gasteiger partial charge in [-0.1, -0.05) is 18.2 Å². The van der Waals surface area contributed by atoms with E-state index in [2.05, 4.69) is 42.1 Å². The topological polar surface area (TPSA) is 6.48 Å². The quantitative estimate of drug-likeness (QED) is 0.572. The molecule has 0 aromatic carbocycles. The molecule has 0 radical (unpaired) electrons. The Morgan fingerprint density at radius 1 is 1.25 bits per heavy atom. The Labute approximate surface area is 74.2 Å². The Morgan fingerprint density at radius 2 is 1.92 bits per heavy atom. The first-order valence-electron chi connectivity index (χ1n) is 4.55. The van der Waals surface area contributed by atoms with Crippen LogP contribution in [0.25, 0.3) is 0 Å². The van der Waals surface area contributed by atoms with Crippen LogP contribution in [0.15, 0.2) is 23.8 Å². The van der Waals surface area contributed by atoms with Crippen LogP contribution in [0.4, 0.5) is 0 Å². The first-order valence-corrected chi connectivity index (χ1v) is 4.55. The molecule has 1 saturated heterocycles. The number of likely N-dealkylation sites (N-methyl/N-ethyl adjacent to an activating group) is 2. The van der Waals surface area contributed by atoms with E-state index >= 15 is 0 Å². The second-order valence-electron chi connectivity index (χ2n) is 3.71. The van der Waals surface area contributed by atoms with Crippen LogP contribution in [-0.2, 0) is 0 Å². The SMILES string of the molecule is CN1CCN(C)C1C1=CC=CC1. The summed E-state index contributed by atoms with van der Waals surface area (Å²) >= 11 is 0. The monoisotopic (exact) mass is 164 g/mol. The summed E-state index contributed by atoms with van der Waals surface area (Å²) in [5, 5.41) is 0. The zero-order valence-electron chi connectivity index (χ0n) is 7.83. The van der Waals surface area contributed by atoms with Crippen LogP contribution < -0.4 is 0 Å². The van der Waals surface area contributed by atoms with E-state index in [0.717, 1.165) is 6.42 Å². The van der Waals surface area contributed by atoms with Crippen molar-refractivity contribution in [3.63, 3.8) is 0 Å². The van der Waals surface area contributed by atoms with Crippen molar-refractivity contribution in [2.45, 2.75) is 12.6 Å². The number of hydrogen-bond acceptors (Lipinski definition) is 2. The van der Waals surface area contributed by atoms with Crippen molar-refractivity contribution in [3.05, 3.63) is 23.8 Å². The van der Waals surface area contributed by atoms with Crippen molar-refractivity contribution in [2.24, 2.45) is 0 Å². The largest absolute Gasteiger partial charge is 0.286 e. The van der Waals surface area contributed by atoms with E-state index in [4.69, 9.17) is 0 Å². The number of rotatable bonds is 1. The molecule has 1 fully saturated rings. The van der Waals surface area contributed by atoms with Crippen LogP contribution in [0, 0.1) is 0 Å². The summed E-state index contributed by atoms with van der Waals surface area (Å²) < 4.78 is 0. The second kappa shape index (κ2) is 3.04. The van der Waals surface area contributed by atoms with Gasteiger partial charge in [0.1, 0.15) is 0 Å². The van der Waals surface area contributed by atoms with Gasteiger partial charge in [-0.2, -0.15) is 0 Å². The second-order valence-corrected chi connectivity index (χ2v) is 3.71. The standard InChI is InChI=1S/C10H16N2/c1-11-7-8-12(2)10(11)9-5-3-4-6-9/h3-5,10H,6-8H2,1-2H3. The first-order chi connectivity index (χ1) is 5.79. The van der Waals surface area contributed by atoms with E-state index in [9.17, 15) is 0 Å². The molecule has 1 heterocycles. The van der Waals surface area contributed by atoms with Crippen molar-refractivity contribution >= 4 is 0 Å². The Hall–Kier alpha value is -0.600. The van der Waals surface area contributed by atoms with Gasteiger partial charge in [0.05, 0.1) is 6.17 Å². The van der Waals surface area contributed by atoms with Crippen molar-refractivity contribution in [1.82, 2.24) is 9.80 Å². The molecule has 0 N–H and O–H groups in total. The van der Waals surface area contributed by atoms with Crippen molar-refractivity contribution in [1.29, 1.82) is 0 Å². The Balaban J connectivity index is 2.11. The van der Waals surface area contributed by atoms with Gasteiger partial charge in [0, 0.05) is 13.1 Å². The Kier molecular flexibility index (Phi) is 2.03. The summed E-state index contributed by atoms with van der Waals surface area (Å²) in [4.78, 5) is 4.83. The van der Waals surface area contributed by atoms with E-state index in [1.165, 1.54) is 18.7 Å². The first kappa shape index (κ1) is 8.02. The van der Waals surface area contributed by atoms with Gasteiger partial charge < -0.3 is 0 Å². The van der Waals surface area contributed by atoms with E-state index in [0.29, 0.717) is 6.17 Å². The minimum absolute atomic E-state index is 0.556. The van der Waals surface area contributed by atoms with Gasteiger partial charge in [0.2, 0.25) is 0 Å². The maximum atomic E-state index is 2.42. The highest BCUT2D eigenvalue weighted by atomic mass is 15.4. The summed E-state index contributed by atoms with van der Waals surface area (Å²) in [5.74, 6) is 0. The molecule has 1 aliphatic heterocycles. The van der Waals surface area contributed by atoms with Crippen LogP contribution in [-0.4, -0.2) is 43.2 Å². The van der Waals surface area contributed by atoms with Crippen LogP contribution in [0.1, 0.15) is 6.42 Å². The lowest BCUT2D eigenvalue weighted by atomic mass is 10.1. The highest BCUT2D eigenvalue weighted by Crippen LogP contribution is 2.23. The van der Waals surface area contributed by atoms with Gasteiger partial charge in [-0.05, 0) is 26.1 Å². The van der Waals surface area contributed by atoms with Gasteiger partial charge in [-0.25, -0.2) is 0 Å². The number of nitrogens with zero attached hydrogens (tertiary/aromatic N) is 2. The molecular weight excluding hydrogens is 148 g/mol. The summed E-state index contributed by atoms with van der Waals surface area (Å²) in [7, 11) is 4.40. The van der Waals surface area contributed by atoms with E-state index in [1.807, 2.05) is 0 Å². The fourth-order valence-electron chi connectivity index (χ4n) is 2.12. The molecule has 0 atom stereocenters. The van der Waals surface area contributed by atoms with Crippen LogP contribution >= 0.6 is 0 Å². The molecule has 2 heteroatoms. The minimum Gasteiger partial charge on any atom is -0.286 e. The lowest BCUT2D eigenvalue weighted by molar-refractivity contribution is 0.223. The molecule has 0 aromatic rings. The molecule has 0 spiro atoms. The lowest BCUT2D eigenvalue weighted by Crippen LogP contribution is -2.35. The highest BCUT2D eigenvalue weighted by molar-refractivity contribution is 5.27. The van der Waals surface area contributed by atoms with Crippen LogP contribution in [0.5, 0.6) is 0 Å². The summed E-state index contributed by atoms with van der Waals surface area (Å²) in [6.07, 6.45) is 8.34.